The van der Waals surface area contributed by atoms with E-state index in [2.05, 4.69) is 15.9 Å². The van der Waals surface area contributed by atoms with Crippen molar-refractivity contribution in [2.24, 2.45) is 0 Å². The van der Waals surface area contributed by atoms with Crippen molar-refractivity contribution in [1.29, 1.82) is 0 Å². The van der Waals surface area contributed by atoms with Gasteiger partial charge >= 0.3 is 29.6 Å². The van der Waals surface area contributed by atoms with E-state index in [1.54, 1.807) is 12.1 Å². The molecule has 1 aromatic carbocycles. The van der Waals surface area contributed by atoms with Crippen LogP contribution >= 0.6 is 27.5 Å². The molecule has 1 rings (SSSR count). The van der Waals surface area contributed by atoms with Gasteiger partial charge in [0.2, 0.25) is 0 Å². The molecule has 1 aromatic rings. The second-order valence-electron chi connectivity index (χ2n) is 1.60. The third-order valence-corrected chi connectivity index (χ3v) is 1.71. The topological polar surface area (TPSA) is 20.2 Å². The van der Waals surface area contributed by atoms with E-state index in [0.29, 0.717) is 5.02 Å². The molecule has 4 heteroatoms. The summed E-state index contributed by atoms with van der Waals surface area (Å²) in [5.74, 6) is 0.111. The normalized spacial score (nSPS) is 8.60. The molecule has 0 radical (unpaired) electrons. The van der Waals surface area contributed by atoms with Crippen molar-refractivity contribution in [1.82, 2.24) is 0 Å². The van der Waals surface area contributed by atoms with Gasteiger partial charge in [-0.15, -0.1) is 0 Å². The largest absolute Gasteiger partial charge is 1.00 e. The van der Waals surface area contributed by atoms with E-state index >= 15 is 0 Å². The molecule has 1 nitrogen and oxygen atoms in total. The number of aromatic hydroxyl groups is 1. The van der Waals surface area contributed by atoms with Crippen molar-refractivity contribution in [2.75, 3.05) is 0 Å². The second kappa shape index (κ2) is 4.62. The average molecular weight is 230 g/mol. The van der Waals surface area contributed by atoms with Crippen LogP contribution < -0.4 is 29.6 Å². The summed E-state index contributed by atoms with van der Waals surface area (Å²) in [7, 11) is 0. The maximum Gasteiger partial charge on any atom is 1.00 e. The van der Waals surface area contributed by atoms with Crippen molar-refractivity contribution < 1.29 is 34.7 Å². The zero-order valence-electron chi connectivity index (χ0n) is 5.44. The fraction of sp³-hybridized carbons (Fsp3) is 0. The summed E-state index contributed by atoms with van der Waals surface area (Å²) < 4.78 is 0.866. The molecule has 0 unspecified atom stereocenters. The van der Waals surface area contributed by atoms with Gasteiger partial charge in [-0.1, -0.05) is 27.5 Å². The van der Waals surface area contributed by atoms with Crippen molar-refractivity contribution in [3.8, 4) is 5.75 Å². The second-order valence-corrected chi connectivity index (χ2v) is 2.92. The predicted octanol–water partition coefficient (Wildman–Crippen LogP) is -0.188. The van der Waals surface area contributed by atoms with Gasteiger partial charge in [0.05, 0.1) is 5.02 Å². The van der Waals surface area contributed by atoms with E-state index in [-0.39, 0.29) is 35.3 Å². The first-order valence-corrected chi connectivity index (χ1v) is 3.51. The molecule has 0 heterocycles. The minimum atomic E-state index is 0. The summed E-state index contributed by atoms with van der Waals surface area (Å²) in [5, 5.41) is 9.26. The molecule has 0 amide bonds. The first-order valence-electron chi connectivity index (χ1n) is 2.34. The Kier molecular flexibility index (Phi) is 4.99. The van der Waals surface area contributed by atoms with Crippen molar-refractivity contribution in [3.05, 3.63) is 27.7 Å². The molecule has 0 aliphatic carbocycles. The zero-order chi connectivity index (χ0) is 6.85. The fourth-order valence-corrected chi connectivity index (χ4v) is 1.15. The molecule has 0 aromatic heterocycles. The monoisotopic (exact) mass is 229 g/mol. The summed E-state index contributed by atoms with van der Waals surface area (Å²) in [5.41, 5.74) is 0. The minimum absolute atomic E-state index is 0. The van der Waals surface area contributed by atoms with Crippen molar-refractivity contribution in [3.63, 3.8) is 0 Å². The van der Waals surface area contributed by atoms with E-state index in [1.165, 1.54) is 6.07 Å². The molecule has 0 saturated heterocycles. The van der Waals surface area contributed by atoms with Crippen LogP contribution in [0.4, 0.5) is 0 Å². The number of halogens is 2. The van der Waals surface area contributed by atoms with Crippen LogP contribution in [0.1, 0.15) is 0 Å². The van der Waals surface area contributed by atoms with E-state index in [9.17, 15) is 0 Å². The molecule has 0 aliphatic heterocycles. The van der Waals surface area contributed by atoms with Crippen LogP contribution in [0.3, 0.4) is 0 Å². The quantitative estimate of drug-likeness (QED) is 0.613. The standard InChI is InChI=1S/C6H4BrClO.Na/c7-4-1-2-6(9)5(8)3-4;/h1-3,9H;/q;+1. The third-order valence-electron chi connectivity index (χ3n) is 0.910. The van der Waals surface area contributed by atoms with Crippen LogP contribution in [0.2, 0.25) is 5.02 Å². The molecule has 10 heavy (non-hydrogen) atoms. The van der Waals surface area contributed by atoms with Crippen LogP contribution in [0.5, 0.6) is 5.75 Å². The van der Waals surface area contributed by atoms with Gasteiger partial charge in [-0.05, 0) is 18.2 Å². The number of hydrogen-bond donors (Lipinski definition) is 1. The van der Waals surface area contributed by atoms with Crippen LogP contribution in [-0.4, -0.2) is 5.11 Å². The Hall–Kier alpha value is 0.790. The SMILES string of the molecule is Oc1ccc(Br)cc1Cl.[Na+]. The van der Waals surface area contributed by atoms with E-state index in [4.69, 9.17) is 16.7 Å². The van der Waals surface area contributed by atoms with Gasteiger partial charge in [0.15, 0.2) is 0 Å². The Bertz CT molecular complexity index is 229. The first-order chi connectivity index (χ1) is 4.20. The number of rotatable bonds is 0. The fourth-order valence-electron chi connectivity index (χ4n) is 0.481. The summed E-state index contributed by atoms with van der Waals surface area (Å²) in [6.07, 6.45) is 0. The Labute approximate surface area is 94.8 Å². The van der Waals surface area contributed by atoms with E-state index in [0.717, 1.165) is 4.47 Å². The van der Waals surface area contributed by atoms with Gasteiger partial charge in [-0.3, -0.25) is 0 Å². The first kappa shape index (κ1) is 10.8. The predicted molar refractivity (Wildman–Crippen MR) is 40.8 cm³/mol. The molecular formula is C6H4BrClNaO+. The molecule has 0 atom stereocenters. The molecule has 0 bridgehead atoms. The van der Waals surface area contributed by atoms with Crippen LogP contribution in [0.25, 0.3) is 0 Å². The van der Waals surface area contributed by atoms with Gasteiger partial charge in [0.1, 0.15) is 5.75 Å². The van der Waals surface area contributed by atoms with E-state index in [1.807, 2.05) is 0 Å². The summed E-state index contributed by atoms with van der Waals surface area (Å²) in [6.45, 7) is 0. The molecule has 0 fully saturated rings. The summed E-state index contributed by atoms with van der Waals surface area (Å²) in [4.78, 5) is 0. The molecule has 48 valence electrons. The summed E-state index contributed by atoms with van der Waals surface area (Å²) >= 11 is 8.73. The molecule has 0 spiro atoms. The molecular weight excluding hydrogens is 226 g/mol. The third kappa shape index (κ3) is 2.81. The average Bonchev–Trinajstić information content (AvgIpc) is 1.80. The van der Waals surface area contributed by atoms with Gasteiger partial charge in [-0.2, -0.15) is 0 Å². The molecule has 1 N–H and O–H groups in total. The zero-order valence-corrected chi connectivity index (χ0v) is 9.78. The Morgan fingerprint density at radius 1 is 1.40 bits per heavy atom. The van der Waals surface area contributed by atoms with Crippen LogP contribution in [0.15, 0.2) is 22.7 Å². The Morgan fingerprint density at radius 3 is 2.40 bits per heavy atom. The minimum Gasteiger partial charge on any atom is -0.506 e. The maximum absolute atomic E-state index is 8.89. The number of phenolic OH excluding ortho intramolecular Hbond substituents is 1. The van der Waals surface area contributed by atoms with Gasteiger partial charge < -0.3 is 5.11 Å². The summed E-state index contributed by atoms with van der Waals surface area (Å²) in [6, 6.07) is 4.89. The maximum atomic E-state index is 8.89. The number of benzene rings is 1. The van der Waals surface area contributed by atoms with Crippen molar-refractivity contribution in [2.45, 2.75) is 0 Å². The molecule has 0 aliphatic rings. The van der Waals surface area contributed by atoms with Crippen LogP contribution in [-0.2, 0) is 0 Å². The Morgan fingerprint density at radius 2 is 2.00 bits per heavy atom. The van der Waals surface area contributed by atoms with Gasteiger partial charge in [0, 0.05) is 4.47 Å². The van der Waals surface area contributed by atoms with Crippen molar-refractivity contribution >= 4 is 27.5 Å². The smallest absolute Gasteiger partial charge is 0.506 e. The Balaban J connectivity index is 0.000000810. The van der Waals surface area contributed by atoms with Gasteiger partial charge in [0.25, 0.3) is 0 Å². The number of hydrogen-bond acceptors (Lipinski definition) is 1. The molecule has 0 saturated carbocycles. The van der Waals surface area contributed by atoms with Gasteiger partial charge in [-0.25, -0.2) is 0 Å². The van der Waals surface area contributed by atoms with E-state index < -0.39 is 0 Å². The number of phenols is 1. The van der Waals surface area contributed by atoms with Crippen LogP contribution in [0, 0.1) is 0 Å².